The summed E-state index contributed by atoms with van der Waals surface area (Å²) in [4.78, 5) is 12.2. The molecule has 0 atom stereocenters. The number of halogens is 3. The third-order valence-electron chi connectivity index (χ3n) is 3.12. The number of carbonyl (C=O) groups excluding carboxylic acids is 1. The van der Waals surface area contributed by atoms with Crippen LogP contribution in [0, 0.1) is 9.39 Å². The lowest BCUT2D eigenvalue weighted by Gasteiger charge is -2.05. The maximum Gasteiger partial charge on any atom is 0.291 e. The molecule has 0 saturated heterocycles. The Kier molecular flexibility index (Phi) is 4.68. The second-order valence-corrected chi connectivity index (χ2v) is 6.43. The molecule has 0 aliphatic carbocycles. The van der Waals surface area contributed by atoms with E-state index in [1.807, 2.05) is 28.7 Å². The molecule has 6 heteroatoms. The van der Waals surface area contributed by atoms with Crippen molar-refractivity contribution in [2.24, 2.45) is 0 Å². The fourth-order valence-electron chi connectivity index (χ4n) is 2.03. The number of nitrogens with one attached hydrogen (secondary N) is 1. The van der Waals surface area contributed by atoms with Gasteiger partial charge in [-0.25, -0.2) is 4.39 Å². The third-order valence-corrected chi connectivity index (χ3v) is 4.02. The van der Waals surface area contributed by atoms with Crippen LogP contribution in [0.4, 0.5) is 10.1 Å². The summed E-state index contributed by atoms with van der Waals surface area (Å²) in [5, 5.41) is 3.07. The van der Waals surface area contributed by atoms with E-state index in [1.54, 1.807) is 30.3 Å². The van der Waals surface area contributed by atoms with Gasteiger partial charge in [-0.05, 0) is 65.1 Å². The summed E-state index contributed by atoms with van der Waals surface area (Å²) < 4.78 is 20.1. The maximum atomic E-state index is 13.8. The van der Waals surface area contributed by atoms with E-state index in [0.717, 1.165) is 9.13 Å². The highest BCUT2D eigenvalue weighted by Crippen LogP contribution is 2.25. The van der Waals surface area contributed by atoms with Crippen LogP contribution in [-0.4, -0.2) is 5.91 Å². The number of carbonyl (C=O) groups is 1. The van der Waals surface area contributed by atoms with Crippen LogP contribution in [0.1, 0.15) is 10.6 Å². The molecule has 0 unspecified atom stereocenters. The van der Waals surface area contributed by atoms with E-state index in [9.17, 15) is 9.18 Å². The van der Waals surface area contributed by atoms with Gasteiger partial charge in [-0.3, -0.25) is 4.79 Å². The Morgan fingerprint density at radius 1 is 1.13 bits per heavy atom. The zero-order chi connectivity index (χ0) is 16.4. The van der Waals surface area contributed by atoms with Gasteiger partial charge in [0.25, 0.3) is 5.91 Å². The lowest BCUT2D eigenvalue weighted by atomic mass is 10.2. The number of benzene rings is 2. The fourth-order valence-corrected chi connectivity index (χ4v) is 2.68. The monoisotopic (exact) mass is 441 g/mol. The Balaban J connectivity index is 1.81. The van der Waals surface area contributed by atoms with Crippen LogP contribution in [0.25, 0.3) is 11.3 Å². The average Bonchev–Trinajstić information content (AvgIpc) is 3.00. The van der Waals surface area contributed by atoms with E-state index in [4.69, 9.17) is 16.0 Å². The minimum Gasteiger partial charge on any atom is -0.451 e. The van der Waals surface area contributed by atoms with Crippen LogP contribution >= 0.6 is 34.2 Å². The first-order valence-electron chi connectivity index (χ1n) is 6.65. The van der Waals surface area contributed by atoms with E-state index in [1.165, 1.54) is 18.2 Å². The van der Waals surface area contributed by atoms with Gasteiger partial charge in [0.15, 0.2) is 5.76 Å². The molecule has 1 amide bonds. The molecule has 23 heavy (non-hydrogen) atoms. The molecule has 3 aromatic rings. The van der Waals surface area contributed by atoms with Crippen LogP contribution in [0.3, 0.4) is 0 Å². The van der Waals surface area contributed by atoms with E-state index in [2.05, 4.69) is 5.32 Å². The van der Waals surface area contributed by atoms with E-state index in [-0.39, 0.29) is 11.4 Å². The van der Waals surface area contributed by atoms with Crippen LogP contribution in [0.2, 0.25) is 5.02 Å². The Labute approximate surface area is 150 Å². The van der Waals surface area contributed by atoms with Gasteiger partial charge in [0.1, 0.15) is 11.6 Å². The topological polar surface area (TPSA) is 42.2 Å². The predicted molar refractivity (Wildman–Crippen MR) is 96.2 cm³/mol. The first-order chi connectivity index (χ1) is 11.0. The molecule has 2 aromatic carbocycles. The summed E-state index contributed by atoms with van der Waals surface area (Å²) in [5.74, 6) is -0.399. The van der Waals surface area contributed by atoms with Crippen molar-refractivity contribution in [2.45, 2.75) is 0 Å². The minimum atomic E-state index is -0.515. The largest absolute Gasteiger partial charge is 0.451 e. The normalized spacial score (nSPS) is 10.6. The second kappa shape index (κ2) is 6.72. The summed E-state index contributed by atoms with van der Waals surface area (Å²) in [7, 11) is 0. The van der Waals surface area contributed by atoms with Crippen molar-refractivity contribution in [1.82, 2.24) is 0 Å². The van der Waals surface area contributed by atoms with Crippen molar-refractivity contribution in [2.75, 3.05) is 5.32 Å². The number of rotatable bonds is 3. The van der Waals surface area contributed by atoms with E-state index < -0.39 is 11.7 Å². The second-order valence-electron chi connectivity index (χ2n) is 4.75. The summed E-state index contributed by atoms with van der Waals surface area (Å²) in [5.41, 5.74) is 0.869. The lowest BCUT2D eigenvalue weighted by Crippen LogP contribution is -2.12. The molecule has 0 radical (unpaired) electrons. The van der Waals surface area contributed by atoms with Gasteiger partial charge in [-0.1, -0.05) is 23.7 Å². The highest BCUT2D eigenvalue weighted by atomic mass is 127. The highest BCUT2D eigenvalue weighted by molar-refractivity contribution is 14.1. The van der Waals surface area contributed by atoms with Crippen molar-refractivity contribution >= 4 is 45.8 Å². The van der Waals surface area contributed by atoms with E-state index >= 15 is 0 Å². The van der Waals surface area contributed by atoms with Crippen molar-refractivity contribution in [1.29, 1.82) is 0 Å². The highest BCUT2D eigenvalue weighted by Gasteiger charge is 2.14. The molecule has 0 spiro atoms. The number of hydrogen-bond donors (Lipinski definition) is 1. The molecule has 0 fully saturated rings. The minimum absolute atomic E-state index is 0.0953. The van der Waals surface area contributed by atoms with Gasteiger partial charge >= 0.3 is 0 Å². The lowest BCUT2D eigenvalue weighted by molar-refractivity contribution is 0.0997. The molecular weight excluding hydrogens is 432 g/mol. The van der Waals surface area contributed by atoms with Crippen LogP contribution < -0.4 is 5.32 Å². The SMILES string of the molecule is O=C(Nc1ccc(I)cc1F)c1ccc(-c2cccc(Cl)c2)o1. The molecule has 0 aliphatic heterocycles. The van der Waals surface area contributed by atoms with Crippen LogP contribution in [-0.2, 0) is 0 Å². The molecule has 1 aromatic heterocycles. The Morgan fingerprint density at radius 3 is 2.70 bits per heavy atom. The van der Waals surface area contributed by atoms with E-state index in [0.29, 0.717) is 10.8 Å². The average molecular weight is 442 g/mol. The molecule has 0 aliphatic rings. The number of furan rings is 1. The number of hydrogen-bond acceptors (Lipinski definition) is 2. The van der Waals surface area contributed by atoms with Gasteiger partial charge in [0, 0.05) is 14.2 Å². The molecule has 3 nitrogen and oxygen atoms in total. The molecule has 0 bridgehead atoms. The molecule has 116 valence electrons. The maximum absolute atomic E-state index is 13.8. The van der Waals surface area contributed by atoms with Crippen molar-refractivity contribution < 1.29 is 13.6 Å². The zero-order valence-corrected chi connectivity index (χ0v) is 14.6. The predicted octanol–water partition coefficient (Wildman–Crippen LogP) is 5.60. The van der Waals surface area contributed by atoms with Gasteiger partial charge in [-0.2, -0.15) is 0 Å². The molecule has 3 rings (SSSR count). The molecule has 1 heterocycles. The Bertz CT molecular complexity index is 879. The summed E-state index contributed by atoms with van der Waals surface area (Å²) in [6.45, 7) is 0. The molecule has 1 N–H and O–H groups in total. The molecular formula is C17H10ClFINO2. The van der Waals surface area contributed by atoms with Gasteiger partial charge < -0.3 is 9.73 Å². The fraction of sp³-hybridized carbons (Fsp3) is 0. The first kappa shape index (κ1) is 16.0. The van der Waals surface area contributed by atoms with Crippen molar-refractivity contribution in [3.63, 3.8) is 0 Å². The summed E-state index contributed by atoms with van der Waals surface area (Å²) >= 11 is 7.94. The van der Waals surface area contributed by atoms with Crippen LogP contribution in [0.5, 0.6) is 0 Å². The summed E-state index contributed by atoms with van der Waals surface area (Å²) in [6, 6.07) is 14.9. The quantitative estimate of drug-likeness (QED) is 0.538. The number of anilines is 1. The van der Waals surface area contributed by atoms with Crippen molar-refractivity contribution in [3.05, 3.63) is 74.8 Å². The first-order valence-corrected chi connectivity index (χ1v) is 8.11. The summed E-state index contributed by atoms with van der Waals surface area (Å²) in [6.07, 6.45) is 0. The number of amides is 1. The van der Waals surface area contributed by atoms with Crippen molar-refractivity contribution in [3.8, 4) is 11.3 Å². The molecule has 0 saturated carbocycles. The van der Waals surface area contributed by atoms with Gasteiger partial charge in [0.05, 0.1) is 5.69 Å². The third kappa shape index (κ3) is 3.73. The Morgan fingerprint density at radius 2 is 1.96 bits per heavy atom. The standard InChI is InChI=1S/C17H10ClFINO2/c18-11-3-1-2-10(8-11)15-6-7-16(23-15)17(22)21-14-5-4-12(20)9-13(14)19/h1-9H,(H,21,22). The zero-order valence-electron chi connectivity index (χ0n) is 11.6. The van der Waals surface area contributed by atoms with Gasteiger partial charge in [0.2, 0.25) is 0 Å². The Hall–Kier alpha value is -1.86. The smallest absolute Gasteiger partial charge is 0.291 e. The van der Waals surface area contributed by atoms with Crippen LogP contribution in [0.15, 0.2) is 59.0 Å². The van der Waals surface area contributed by atoms with Gasteiger partial charge in [-0.15, -0.1) is 0 Å².